The maximum absolute atomic E-state index is 10.9. The summed E-state index contributed by atoms with van der Waals surface area (Å²) in [6.07, 6.45) is 3.28. The molecule has 0 aromatic rings. The first-order chi connectivity index (χ1) is 7.04. The minimum absolute atomic E-state index is 0.296. The third-order valence-electron chi connectivity index (χ3n) is 1.31. The van der Waals surface area contributed by atoms with Gasteiger partial charge in [-0.15, -0.1) is 0 Å². The molecule has 0 bridgehead atoms. The lowest BCUT2D eigenvalue weighted by Crippen LogP contribution is -1.95. The van der Waals surface area contributed by atoms with Gasteiger partial charge in [-0.1, -0.05) is 20.3 Å². The van der Waals surface area contributed by atoms with Crippen LogP contribution in [-0.2, 0) is 9.09 Å². The van der Waals surface area contributed by atoms with E-state index in [0.29, 0.717) is 12.4 Å². The Labute approximate surface area is 97.2 Å². The van der Waals surface area contributed by atoms with Gasteiger partial charge in [0.25, 0.3) is 0 Å². The van der Waals surface area contributed by atoms with Crippen LogP contribution < -0.4 is 5.73 Å². The van der Waals surface area contributed by atoms with Crippen molar-refractivity contribution in [1.29, 1.82) is 0 Å². The van der Waals surface area contributed by atoms with Crippen LogP contribution in [0.1, 0.15) is 40.0 Å². The van der Waals surface area contributed by atoms with Gasteiger partial charge in [0, 0.05) is 5.75 Å². The Kier molecular flexibility index (Phi) is 14.9. The van der Waals surface area contributed by atoms with Gasteiger partial charge < -0.3 is 15.2 Å². The van der Waals surface area contributed by atoms with Crippen LogP contribution in [0.4, 0.5) is 0 Å². The van der Waals surface area contributed by atoms with Gasteiger partial charge >= 0.3 is 6.80 Å². The predicted octanol–water partition coefficient (Wildman–Crippen LogP) is 3.01. The van der Waals surface area contributed by atoms with Gasteiger partial charge in [-0.3, -0.25) is 0 Å². The lowest BCUT2D eigenvalue weighted by Gasteiger charge is -2.07. The summed E-state index contributed by atoms with van der Waals surface area (Å²) in [5, 5.41) is 0. The first kappa shape index (κ1) is 17.8. The molecule has 0 saturated heterocycles. The molecule has 0 radical (unpaired) electrons. The van der Waals surface area contributed by atoms with E-state index >= 15 is 0 Å². The van der Waals surface area contributed by atoms with Crippen LogP contribution in [-0.4, -0.2) is 23.8 Å². The number of unbranched alkanes of at least 4 members (excludes halogenated alkanes) is 1. The molecule has 0 aliphatic carbocycles. The number of rotatable bonds is 7. The van der Waals surface area contributed by atoms with E-state index in [4.69, 9.17) is 10.6 Å². The van der Waals surface area contributed by atoms with Crippen LogP contribution in [0.3, 0.4) is 0 Å². The van der Waals surface area contributed by atoms with Crippen LogP contribution in [0.25, 0.3) is 0 Å². The molecule has 0 aliphatic rings. The van der Waals surface area contributed by atoms with E-state index in [0.717, 1.165) is 24.3 Å². The van der Waals surface area contributed by atoms with Gasteiger partial charge in [-0.05, 0) is 37.7 Å². The molecule has 1 atom stereocenters. The first-order valence-electron chi connectivity index (χ1n) is 5.35. The van der Waals surface area contributed by atoms with Crippen molar-refractivity contribution < 1.29 is 14.0 Å². The zero-order valence-electron chi connectivity index (χ0n) is 9.94. The summed E-state index contributed by atoms with van der Waals surface area (Å²) in [7, 11) is 0. The van der Waals surface area contributed by atoms with Gasteiger partial charge in [-0.25, -0.2) is 4.57 Å². The molecule has 0 saturated carbocycles. The molecule has 3 N–H and O–H groups in total. The second-order valence-electron chi connectivity index (χ2n) is 2.86. The zero-order valence-corrected chi connectivity index (χ0v) is 11.7. The molecule has 15 heavy (non-hydrogen) atoms. The number of nitrogens with two attached hydrogens (primary N) is 1. The summed E-state index contributed by atoms with van der Waals surface area (Å²) in [6.45, 7) is 3.64. The molecule has 0 rings (SSSR count). The minimum Gasteiger partial charge on any atom is -0.330 e. The molecule has 0 amide bonds. The molecular formula is C9H24NO3PS. The monoisotopic (exact) mass is 257 g/mol. The Morgan fingerprint density at radius 1 is 1.33 bits per heavy atom. The van der Waals surface area contributed by atoms with Crippen LogP contribution >= 0.6 is 18.2 Å². The van der Waals surface area contributed by atoms with Crippen molar-refractivity contribution in [3.05, 3.63) is 0 Å². The maximum atomic E-state index is 10.9. The third-order valence-corrected chi connectivity index (χ3v) is 4.65. The van der Waals surface area contributed by atoms with Crippen molar-refractivity contribution in [3.8, 4) is 0 Å². The van der Waals surface area contributed by atoms with Crippen molar-refractivity contribution in [1.82, 2.24) is 0 Å². The van der Waals surface area contributed by atoms with E-state index < -0.39 is 6.80 Å². The van der Waals surface area contributed by atoms with E-state index in [-0.39, 0.29) is 0 Å². The zero-order chi connectivity index (χ0) is 12.2. The summed E-state index contributed by atoms with van der Waals surface area (Å²) in [6, 6.07) is 0. The molecule has 0 fully saturated rings. The number of hydrogen-bond acceptors (Lipinski definition) is 4. The highest BCUT2D eigenvalue weighted by molar-refractivity contribution is 8.54. The molecule has 0 aromatic heterocycles. The van der Waals surface area contributed by atoms with Crippen LogP contribution in [0, 0.1) is 0 Å². The van der Waals surface area contributed by atoms with Crippen molar-refractivity contribution in [2.75, 3.05) is 18.9 Å². The Balaban J connectivity index is 0. The third kappa shape index (κ3) is 17.1. The lowest BCUT2D eigenvalue weighted by atomic mass is 10.3. The van der Waals surface area contributed by atoms with E-state index in [1.54, 1.807) is 6.92 Å². The Morgan fingerprint density at radius 3 is 2.20 bits per heavy atom. The quantitative estimate of drug-likeness (QED) is 0.686. The molecule has 6 heteroatoms. The second kappa shape index (κ2) is 12.5. The normalized spacial score (nSPS) is 13.9. The van der Waals surface area contributed by atoms with Crippen LogP contribution in [0.5, 0.6) is 0 Å². The standard InChI is InChI=1S/C5H13O3PS.C4H11N/c1-3-5-10-9(6,7)8-4-2;1-2-3-4-5/h3-5H2,1-2H3,(H,6,7);2-5H2,1H3. The van der Waals surface area contributed by atoms with Gasteiger partial charge in [0.05, 0.1) is 6.61 Å². The van der Waals surface area contributed by atoms with E-state index in [1.165, 1.54) is 12.8 Å². The van der Waals surface area contributed by atoms with Gasteiger partial charge in [-0.2, -0.15) is 0 Å². The Hall–Kier alpha value is 0.460. The molecule has 0 heterocycles. The van der Waals surface area contributed by atoms with Crippen molar-refractivity contribution in [3.63, 3.8) is 0 Å². The SMILES string of the molecule is CCCCN.CCCSP(=O)(O)OCC. The first-order valence-corrected chi connectivity index (χ1v) is 8.52. The smallest absolute Gasteiger partial charge is 0.330 e. The molecule has 1 unspecified atom stereocenters. The Bertz CT molecular complexity index is 167. The van der Waals surface area contributed by atoms with E-state index in [2.05, 4.69) is 11.4 Å². The summed E-state index contributed by atoms with van der Waals surface area (Å²) in [4.78, 5) is 8.94. The molecular weight excluding hydrogens is 233 g/mol. The highest BCUT2D eigenvalue weighted by Crippen LogP contribution is 2.55. The van der Waals surface area contributed by atoms with Crippen molar-refractivity contribution in [2.45, 2.75) is 40.0 Å². The fraction of sp³-hybridized carbons (Fsp3) is 1.00. The molecule has 94 valence electrons. The van der Waals surface area contributed by atoms with Crippen molar-refractivity contribution >= 4 is 18.2 Å². The highest BCUT2D eigenvalue weighted by atomic mass is 32.7. The van der Waals surface area contributed by atoms with E-state index in [9.17, 15) is 4.57 Å². The summed E-state index contributed by atoms with van der Waals surface area (Å²) < 4.78 is 15.5. The molecule has 0 aromatic carbocycles. The number of hydrogen-bond donors (Lipinski definition) is 2. The molecule has 0 spiro atoms. The van der Waals surface area contributed by atoms with E-state index in [1.807, 2.05) is 6.92 Å². The topological polar surface area (TPSA) is 72.6 Å². The maximum Gasteiger partial charge on any atom is 0.386 e. The largest absolute Gasteiger partial charge is 0.386 e. The van der Waals surface area contributed by atoms with Gasteiger partial charge in [0.2, 0.25) is 0 Å². The molecule has 0 aliphatic heterocycles. The minimum atomic E-state index is -3.29. The average molecular weight is 257 g/mol. The summed E-state index contributed by atoms with van der Waals surface area (Å²) in [5.41, 5.74) is 5.14. The lowest BCUT2D eigenvalue weighted by molar-refractivity contribution is 0.291. The Morgan fingerprint density at radius 2 is 1.93 bits per heavy atom. The van der Waals surface area contributed by atoms with Crippen molar-refractivity contribution in [2.24, 2.45) is 5.73 Å². The second-order valence-corrected chi connectivity index (χ2v) is 6.88. The fourth-order valence-electron chi connectivity index (χ4n) is 0.611. The summed E-state index contributed by atoms with van der Waals surface area (Å²) in [5.74, 6) is 0.674. The summed E-state index contributed by atoms with van der Waals surface area (Å²) >= 11 is 0.992. The average Bonchev–Trinajstić information content (AvgIpc) is 2.17. The van der Waals surface area contributed by atoms with Gasteiger partial charge in [0.1, 0.15) is 0 Å². The highest BCUT2D eigenvalue weighted by Gasteiger charge is 2.17. The predicted molar refractivity (Wildman–Crippen MR) is 68.2 cm³/mol. The molecule has 4 nitrogen and oxygen atoms in total. The van der Waals surface area contributed by atoms with Gasteiger partial charge in [0.15, 0.2) is 0 Å². The van der Waals surface area contributed by atoms with Crippen LogP contribution in [0.2, 0.25) is 0 Å². The van der Waals surface area contributed by atoms with Crippen LogP contribution in [0.15, 0.2) is 0 Å². The fourth-order valence-corrected chi connectivity index (χ4v) is 3.21.